The number of alkyl halides is 3. The fourth-order valence-corrected chi connectivity index (χ4v) is 4.19. The Morgan fingerprint density at radius 2 is 1.86 bits per heavy atom. The number of piperazine rings is 1. The second-order valence-corrected chi connectivity index (χ2v) is 10.4. The van der Waals surface area contributed by atoms with Gasteiger partial charge in [-0.2, -0.15) is 23.1 Å². The molecule has 0 spiro atoms. The molecule has 0 aliphatic carbocycles. The van der Waals surface area contributed by atoms with Crippen molar-refractivity contribution in [2.75, 3.05) is 43.4 Å². The third kappa shape index (κ3) is 5.56. The summed E-state index contributed by atoms with van der Waals surface area (Å²) < 4.78 is 46.9. The number of carbonyl (C=O) groups is 1. The van der Waals surface area contributed by atoms with Crippen molar-refractivity contribution < 1.29 is 27.2 Å². The number of hydrogen-bond donors (Lipinski definition) is 1. The molecule has 8 nitrogen and oxygen atoms in total. The maximum atomic E-state index is 13.1. The summed E-state index contributed by atoms with van der Waals surface area (Å²) in [5.74, 6) is 0.521. The van der Waals surface area contributed by atoms with Gasteiger partial charge in [0.25, 0.3) is 0 Å². The van der Waals surface area contributed by atoms with E-state index < -0.39 is 23.4 Å². The van der Waals surface area contributed by atoms with Crippen LogP contribution in [0.15, 0.2) is 42.9 Å². The smallest absolute Gasteiger partial charge is 0.414 e. The summed E-state index contributed by atoms with van der Waals surface area (Å²) in [6.07, 6.45) is -1.34. The SMILES string of the molecule is C[C@@H](Nc1ncnn2cc(N3CC[N+](C)(C(=O)OC(C)(C)C)CC3)cc12)c1cccc(C(F)(F)F)c1. The predicted octanol–water partition coefficient (Wildman–Crippen LogP) is 5.12. The molecular weight excluding hydrogens is 473 g/mol. The van der Waals surface area contributed by atoms with Gasteiger partial charge in [-0.3, -0.25) is 0 Å². The van der Waals surface area contributed by atoms with Crippen LogP contribution in [0, 0.1) is 0 Å². The molecule has 1 aliphatic heterocycles. The minimum Gasteiger partial charge on any atom is -0.414 e. The number of nitrogens with one attached hydrogen (secondary N) is 1. The van der Waals surface area contributed by atoms with Crippen molar-refractivity contribution in [2.45, 2.75) is 45.5 Å². The average Bonchev–Trinajstić information content (AvgIpc) is 3.23. The Kier molecular flexibility index (Phi) is 6.63. The molecule has 194 valence electrons. The fraction of sp³-hybridized carbons (Fsp3) is 0.480. The maximum Gasteiger partial charge on any atom is 0.516 e. The van der Waals surface area contributed by atoms with Gasteiger partial charge in [0.15, 0.2) is 5.82 Å². The van der Waals surface area contributed by atoms with E-state index in [1.54, 1.807) is 17.5 Å². The van der Waals surface area contributed by atoms with Crippen molar-refractivity contribution in [1.29, 1.82) is 0 Å². The molecule has 4 rings (SSSR count). The number of nitrogens with zero attached hydrogens (tertiary/aromatic N) is 5. The van der Waals surface area contributed by atoms with Gasteiger partial charge in [-0.25, -0.2) is 14.0 Å². The molecule has 1 atom stereocenters. The second kappa shape index (κ2) is 9.27. The summed E-state index contributed by atoms with van der Waals surface area (Å²) in [7, 11) is 1.89. The molecule has 2 aromatic heterocycles. The summed E-state index contributed by atoms with van der Waals surface area (Å²) >= 11 is 0. The van der Waals surface area contributed by atoms with E-state index in [0.717, 1.165) is 17.8 Å². The summed E-state index contributed by atoms with van der Waals surface area (Å²) in [6, 6.07) is 6.80. The first kappa shape index (κ1) is 25.7. The number of anilines is 2. The number of aromatic nitrogens is 3. The highest BCUT2D eigenvalue weighted by Gasteiger charge is 2.40. The van der Waals surface area contributed by atoms with Gasteiger partial charge in [0, 0.05) is 0 Å². The summed E-state index contributed by atoms with van der Waals surface area (Å²) in [4.78, 5) is 19.2. The fourth-order valence-electron chi connectivity index (χ4n) is 4.19. The van der Waals surface area contributed by atoms with Gasteiger partial charge in [0.05, 0.1) is 43.6 Å². The molecule has 1 amide bonds. The minimum absolute atomic E-state index is 0.211. The third-order valence-electron chi connectivity index (χ3n) is 6.38. The molecule has 1 fully saturated rings. The maximum absolute atomic E-state index is 13.1. The van der Waals surface area contributed by atoms with Crippen LogP contribution in [-0.4, -0.2) is 64.0 Å². The molecule has 0 bridgehead atoms. The normalized spacial score (nSPS) is 17.2. The first-order chi connectivity index (χ1) is 16.7. The van der Waals surface area contributed by atoms with Crippen molar-refractivity contribution >= 4 is 23.1 Å². The first-order valence-corrected chi connectivity index (χ1v) is 11.9. The lowest BCUT2D eigenvalue weighted by atomic mass is 10.0. The molecule has 1 aliphatic rings. The molecular formula is C25H32F3N6O2+. The van der Waals surface area contributed by atoms with Gasteiger partial charge >= 0.3 is 12.3 Å². The van der Waals surface area contributed by atoms with Gasteiger partial charge in [0.2, 0.25) is 0 Å². The molecule has 11 heteroatoms. The number of amides is 1. The molecule has 3 heterocycles. The van der Waals surface area contributed by atoms with Crippen LogP contribution in [-0.2, 0) is 10.9 Å². The Balaban J connectivity index is 1.49. The minimum atomic E-state index is -4.40. The Morgan fingerprint density at radius 3 is 2.50 bits per heavy atom. The molecule has 36 heavy (non-hydrogen) atoms. The lowest BCUT2D eigenvalue weighted by molar-refractivity contribution is -0.839. The van der Waals surface area contributed by atoms with Crippen LogP contribution >= 0.6 is 0 Å². The largest absolute Gasteiger partial charge is 0.516 e. The van der Waals surface area contributed by atoms with E-state index in [0.29, 0.717) is 43.1 Å². The van der Waals surface area contributed by atoms with Crippen LogP contribution in [0.1, 0.15) is 44.9 Å². The second-order valence-electron chi connectivity index (χ2n) is 10.4. The number of rotatable bonds is 4. The first-order valence-electron chi connectivity index (χ1n) is 11.9. The van der Waals surface area contributed by atoms with Gasteiger partial charge in [0.1, 0.15) is 30.5 Å². The number of ether oxygens (including phenoxy) is 1. The number of carbonyl (C=O) groups excluding carboxylic acids is 1. The molecule has 0 saturated carbocycles. The van der Waals surface area contributed by atoms with E-state index in [1.165, 1.54) is 12.4 Å². The highest BCUT2D eigenvalue weighted by atomic mass is 19.4. The number of halogens is 3. The standard InChI is InChI=1S/C25H32F3N6O2/c1-17(18-7-6-8-19(13-18)25(26,27)28)31-22-21-14-20(15-33(21)30-16-29-22)32-9-11-34(5,12-10-32)23(35)36-24(2,3)4/h6-8,13-17H,9-12H2,1-5H3,(H,29,30,31)/q+1/t17-/m1/s1. The highest BCUT2D eigenvalue weighted by molar-refractivity contribution is 5.74. The van der Waals surface area contributed by atoms with Crippen LogP contribution < -0.4 is 10.2 Å². The van der Waals surface area contributed by atoms with Crippen molar-refractivity contribution in [1.82, 2.24) is 14.6 Å². The van der Waals surface area contributed by atoms with E-state index >= 15 is 0 Å². The Labute approximate surface area is 208 Å². The summed E-state index contributed by atoms with van der Waals surface area (Å²) in [5, 5.41) is 7.52. The summed E-state index contributed by atoms with van der Waals surface area (Å²) in [5.41, 5.74) is 0.918. The van der Waals surface area contributed by atoms with Gasteiger partial charge < -0.3 is 15.0 Å². The van der Waals surface area contributed by atoms with Crippen LogP contribution in [0.5, 0.6) is 0 Å². The van der Waals surface area contributed by atoms with Crippen LogP contribution in [0.3, 0.4) is 0 Å². The van der Waals surface area contributed by atoms with Gasteiger partial charge in [-0.05, 0) is 51.5 Å². The third-order valence-corrected chi connectivity index (χ3v) is 6.38. The lowest BCUT2D eigenvalue weighted by Crippen LogP contribution is -2.61. The van der Waals surface area contributed by atoms with Crippen molar-refractivity contribution in [3.63, 3.8) is 0 Å². The number of fused-ring (bicyclic) bond motifs is 1. The summed E-state index contributed by atoms with van der Waals surface area (Å²) in [6.45, 7) is 9.89. The average molecular weight is 506 g/mol. The number of quaternary nitrogens is 1. The van der Waals surface area contributed by atoms with Crippen molar-refractivity contribution in [2.24, 2.45) is 0 Å². The molecule has 1 aromatic carbocycles. The number of hydrogen-bond acceptors (Lipinski definition) is 6. The molecule has 1 N–H and O–H groups in total. The lowest BCUT2D eigenvalue weighted by Gasteiger charge is -2.40. The molecule has 1 saturated heterocycles. The quantitative estimate of drug-likeness (QED) is 0.496. The van der Waals surface area contributed by atoms with E-state index in [4.69, 9.17) is 4.74 Å². The number of benzene rings is 1. The van der Waals surface area contributed by atoms with Crippen LogP contribution in [0.25, 0.3) is 5.52 Å². The highest BCUT2D eigenvalue weighted by Crippen LogP contribution is 2.32. The van der Waals surface area contributed by atoms with Crippen molar-refractivity contribution in [3.8, 4) is 0 Å². The molecule has 0 unspecified atom stereocenters. The topological polar surface area (TPSA) is 71.8 Å². The van der Waals surface area contributed by atoms with Gasteiger partial charge in [-0.15, -0.1) is 0 Å². The Hall–Kier alpha value is -3.34. The molecule has 3 aromatic rings. The zero-order valence-electron chi connectivity index (χ0n) is 21.1. The Bertz CT molecular complexity index is 1240. The predicted molar refractivity (Wildman–Crippen MR) is 131 cm³/mol. The zero-order valence-corrected chi connectivity index (χ0v) is 21.1. The van der Waals surface area contributed by atoms with E-state index in [9.17, 15) is 18.0 Å². The zero-order chi connectivity index (χ0) is 26.3. The van der Waals surface area contributed by atoms with Crippen LogP contribution in [0.4, 0.5) is 29.5 Å². The van der Waals surface area contributed by atoms with Crippen LogP contribution in [0.2, 0.25) is 0 Å². The van der Waals surface area contributed by atoms with E-state index in [1.807, 2.05) is 40.1 Å². The monoisotopic (exact) mass is 505 g/mol. The number of likely N-dealkylation sites (N-methyl/N-ethyl adjacent to an activating group) is 1. The van der Waals surface area contributed by atoms with E-state index in [2.05, 4.69) is 20.3 Å². The Morgan fingerprint density at radius 1 is 1.17 bits per heavy atom. The molecule has 0 radical (unpaired) electrons. The van der Waals surface area contributed by atoms with Gasteiger partial charge in [-0.1, -0.05) is 12.1 Å². The van der Waals surface area contributed by atoms with Crippen molar-refractivity contribution in [3.05, 3.63) is 54.0 Å². The van der Waals surface area contributed by atoms with E-state index in [-0.39, 0.29) is 10.6 Å².